The van der Waals surface area contributed by atoms with Gasteiger partial charge in [-0.2, -0.15) is 0 Å². The zero-order valence-corrected chi connectivity index (χ0v) is 17.7. The third-order valence-electron chi connectivity index (χ3n) is 5.12. The lowest BCUT2D eigenvalue weighted by molar-refractivity contribution is -0.122. The van der Waals surface area contributed by atoms with Crippen LogP contribution in [0.3, 0.4) is 0 Å². The SMILES string of the molecule is Cc1cc(Cl)ccc1OC(C)C(=O)Nc1ccc(N2CCN(C)CC2)c(C)c1. The molecule has 0 saturated carbocycles. The van der Waals surface area contributed by atoms with E-state index < -0.39 is 6.10 Å². The Morgan fingerprint density at radius 1 is 1.07 bits per heavy atom. The molecule has 0 radical (unpaired) electrons. The second-order valence-corrected chi connectivity index (χ2v) is 7.89. The largest absolute Gasteiger partial charge is 0.481 e. The van der Waals surface area contributed by atoms with E-state index in [9.17, 15) is 4.79 Å². The summed E-state index contributed by atoms with van der Waals surface area (Å²) in [6.07, 6.45) is -0.613. The van der Waals surface area contributed by atoms with Crippen LogP contribution in [0.15, 0.2) is 36.4 Å². The van der Waals surface area contributed by atoms with Crippen molar-refractivity contribution in [2.45, 2.75) is 26.9 Å². The van der Waals surface area contributed by atoms with Gasteiger partial charge in [-0.05, 0) is 75.3 Å². The number of anilines is 2. The summed E-state index contributed by atoms with van der Waals surface area (Å²) >= 11 is 5.97. The molecule has 1 fully saturated rings. The molecule has 0 aromatic heterocycles. The lowest BCUT2D eigenvalue weighted by Gasteiger charge is -2.35. The molecular formula is C22H28ClN3O2. The van der Waals surface area contributed by atoms with E-state index in [1.54, 1.807) is 19.1 Å². The Hall–Kier alpha value is -2.24. The highest BCUT2D eigenvalue weighted by atomic mass is 35.5. The molecule has 1 aliphatic heterocycles. The van der Waals surface area contributed by atoms with E-state index >= 15 is 0 Å². The van der Waals surface area contributed by atoms with Gasteiger partial charge in [-0.3, -0.25) is 4.79 Å². The highest BCUT2D eigenvalue weighted by molar-refractivity contribution is 6.30. The molecule has 150 valence electrons. The Labute approximate surface area is 172 Å². The predicted octanol–water partition coefficient (Wildman–Crippen LogP) is 4.11. The monoisotopic (exact) mass is 401 g/mol. The van der Waals surface area contributed by atoms with Crippen LogP contribution in [0.1, 0.15) is 18.1 Å². The van der Waals surface area contributed by atoms with Gasteiger partial charge >= 0.3 is 0 Å². The van der Waals surface area contributed by atoms with Gasteiger partial charge in [0.1, 0.15) is 5.75 Å². The number of piperazine rings is 1. The first-order chi connectivity index (χ1) is 13.3. The highest BCUT2D eigenvalue weighted by Gasteiger charge is 2.18. The van der Waals surface area contributed by atoms with Crippen LogP contribution in [0.5, 0.6) is 5.75 Å². The van der Waals surface area contributed by atoms with Crippen LogP contribution in [0.25, 0.3) is 0 Å². The van der Waals surface area contributed by atoms with Crippen LogP contribution in [-0.4, -0.2) is 50.1 Å². The van der Waals surface area contributed by atoms with Crippen molar-refractivity contribution in [3.8, 4) is 5.75 Å². The Morgan fingerprint density at radius 3 is 2.43 bits per heavy atom. The lowest BCUT2D eigenvalue weighted by Crippen LogP contribution is -2.44. The number of carbonyl (C=O) groups is 1. The molecule has 1 unspecified atom stereocenters. The standard InChI is InChI=1S/C22H28ClN3O2/c1-15-14-19(6-7-20(15)26-11-9-25(4)10-12-26)24-22(27)17(3)28-21-8-5-18(23)13-16(21)2/h5-8,13-14,17H,9-12H2,1-4H3,(H,24,27). The number of benzene rings is 2. The summed E-state index contributed by atoms with van der Waals surface area (Å²) < 4.78 is 5.81. The van der Waals surface area contributed by atoms with Gasteiger partial charge in [0.2, 0.25) is 0 Å². The number of aryl methyl sites for hydroxylation is 2. The van der Waals surface area contributed by atoms with Crippen molar-refractivity contribution in [3.05, 3.63) is 52.5 Å². The minimum absolute atomic E-state index is 0.180. The van der Waals surface area contributed by atoms with Crippen molar-refractivity contribution in [1.82, 2.24) is 4.90 Å². The highest BCUT2D eigenvalue weighted by Crippen LogP contribution is 2.26. The molecule has 1 amide bonds. The summed E-state index contributed by atoms with van der Waals surface area (Å²) in [5.74, 6) is 0.481. The van der Waals surface area contributed by atoms with Gasteiger partial charge in [0.15, 0.2) is 6.10 Å². The molecule has 1 N–H and O–H groups in total. The fourth-order valence-corrected chi connectivity index (χ4v) is 3.59. The molecule has 0 spiro atoms. The maximum absolute atomic E-state index is 12.6. The molecule has 1 aliphatic rings. The zero-order valence-electron chi connectivity index (χ0n) is 17.0. The summed E-state index contributed by atoms with van der Waals surface area (Å²) in [5.41, 5.74) is 4.07. The molecular weight excluding hydrogens is 374 g/mol. The van der Waals surface area contributed by atoms with Crippen molar-refractivity contribution >= 4 is 28.9 Å². The van der Waals surface area contributed by atoms with Crippen LogP contribution >= 0.6 is 11.6 Å². The average Bonchev–Trinajstić information content (AvgIpc) is 2.65. The molecule has 6 heteroatoms. The lowest BCUT2D eigenvalue weighted by atomic mass is 10.1. The molecule has 2 aromatic carbocycles. The molecule has 28 heavy (non-hydrogen) atoms. The number of ether oxygens (including phenoxy) is 1. The van der Waals surface area contributed by atoms with Gasteiger partial charge in [-0.1, -0.05) is 11.6 Å². The van der Waals surface area contributed by atoms with E-state index in [0.29, 0.717) is 10.8 Å². The topological polar surface area (TPSA) is 44.8 Å². The number of amides is 1. The molecule has 0 bridgehead atoms. The van der Waals surface area contributed by atoms with Gasteiger partial charge in [0.25, 0.3) is 5.91 Å². The van der Waals surface area contributed by atoms with E-state index in [4.69, 9.17) is 16.3 Å². The van der Waals surface area contributed by atoms with Crippen molar-refractivity contribution in [2.75, 3.05) is 43.4 Å². The minimum Gasteiger partial charge on any atom is -0.481 e. The smallest absolute Gasteiger partial charge is 0.265 e. The summed E-state index contributed by atoms with van der Waals surface area (Å²) in [4.78, 5) is 17.3. The van der Waals surface area contributed by atoms with Crippen LogP contribution in [-0.2, 0) is 4.79 Å². The Bertz CT molecular complexity index is 848. The number of hydrogen-bond acceptors (Lipinski definition) is 4. The van der Waals surface area contributed by atoms with Crippen molar-refractivity contribution < 1.29 is 9.53 Å². The first kappa shape index (κ1) is 20.5. The molecule has 5 nitrogen and oxygen atoms in total. The molecule has 1 heterocycles. The van der Waals surface area contributed by atoms with E-state index in [-0.39, 0.29) is 5.91 Å². The van der Waals surface area contributed by atoms with E-state index in [1.807, 2.05) is 25.1 Å². The third-order valence-corrected chi connectivity index (χ3v) is 5.35. The van der Waals surface area contributed by atoms with Crippen molar-refractivity contribution in [2.24, 2.45) is 0 Å². The zero-order chi connectivity index (χ0) is 20.3. The number of carbonyl (C=O) groups excluding carboxylic acids is 1. The number of likely N-dealkylation sites (N-methyl/N-ethyl adjacent to an activating group) is 1. The number of nitrogens with zero attached hydrogens (tertiary/aromatic N) is 2. The maximum Gasteiger partial charge on any atom is 0.265 e. The van der Waals surface area contributed by atoms with Crippen LogP contribution in [0, 0.1) is 13.8 Å². The fourth-order valence-electron chi connectivity index (χ4n) is 3.37. The minimum atomic E-state index is -0.613. The second kappa shape index (κ2) is 8.84. The number of rotatable bonds is 5. The Kier molecular flexibility index (Phi) is 6.47. The van der Waals surface area contributed by atoms with E-state index in [1.165, 1.54) is 5.69 Å². The third kappa shape index (κ3) is 4.97. The molecule has 3 rings (SSSR count). The normalized spacial score (nSPS) is 16.0. The Balaban J connectivity index is 1.62. The first-order valence-electron chi connectivity index (χ1n) is 9.61. The van der Waals surface area contributed by atoms with Gasteiger partial charge < -0.3 is 19.9 Å². The van der Waals surface area contributed by atoms with E-state index in [2.05, 4.69) is 35.2 Å². The van der Waals surface area contributed by atoms with Gasteiger partial charge in [-0.15, -0.1) is 0 Å². The van der Waals surface area contributed by atoms with Crippen LogP contribution in [0.4, 0.5) is 11.4 Å². The predicted molar refractivity (Wildman–Crippen MR) is 116 cm³/mol. The maximum atomic E-state index is 12.6. The van der Waals surface area contributed by atoms with E-state index in [0.717, 1.165) is 43.0 Å². The molecule has 1 saturated heterocycles. The van der Waals surface area contributed by atoms with Crippen LogP contribution < -0.4 is 15.0 Å². The van der Waals surface area contributed by atoms with Gasteiger partial charge in [0.05, 0.1) is 0 Å². The Morgan fingerprint density at radius 2 is 1.79 bits per heavy atom. The number of nitrogens with one attached hydrogen (secondary N) is 1. The van der Waals surface area contributed by atoms with Gasteiger partial charge in [0, 0.05) is 42.6 Å². The number of hydrogen-bond donors (Lipinski definition) is 1. The van der Waals surface area contributed by atoms with Crippen molar-refractivity contribution in [3.63, 3.8) is 0 Å². The summed E-state index contributed by atoms with van der Waals surface area (Å²) in [6.45, 7) is 9.91. The summed E-state index contributed by atoms with van der Waals surface area (Å²) in [7, 11) is 2.15. The molecule has 1 atom stereocenters. The summed E-state index contributed by atoms with van der Waals surface area (Å²) in [6, 6.07) is 11.4. The average molecular weight is 402 g/mol. The van der Waals surface area contributed by atoms with Crippen molar-refractivity contribution in [1.29, 1.82) is 0 Å². The molecule has 0 aliphatic carbocycles. The van der Waals surface area contributed by atoms with Gasteiger partial charge in [-0.25, -0.2) is 0 Å². The fraction of sp³-hybridized carbons (Fsp3) is 0.409. The summed E-state index contributed by atoms with van der Waals surface area (Å²) in [5, 5.41) is 3.60. The number of halogens is 1. The first-order valence-corrected chi connectivity index (χ1v) is 9.99. The molecule has 2 aromatic rings. The van der Waals surface area contributed by atoms with Crippen LogP contribution in [0.2, 0.25) is 5.02 Å². The quantitative estimate of drug-likeness (QED) is 0.818. The second-order valence-electron chi connectivity index (χ2n) is 7.45.